The Bertz CT molecular complexity index is 954. The molecule has 0 spiro atoms. The van der Waals surface area contributed by atoms with Crippen LogP contribution in [-0.2, 0) is 16.6 Å². The number of rotatable bonds is 7. The maximum absolute atomic E-state index is 12.5. The fourth-order valence-electron chi connectivity index (χ4n) is 2.21. The lowest BCUT2D eigenvalue weighted by Crippen LogP contribution is -2.24. The summed E-state index contributed by atoms with van der Waals surface area (Å²) >= 11 is 3.21. The molecule has 0 radical (unpaired) electrons. The molecule has 1 amide bonds. The minimum Gasteiger partial charge on any atom is -0.496 e. The molecule has 0 aliphatic rings. The van der Waals surface area contributed by atoms with Crippen LogP contribution in [0.15, 0.2) is 45.8 Å². The number of methoxy groups -OCH3 is 1. The molecule has 2 rings (SSSR count). The summed E-state index contributed by atoms with van der Waals surface area (Å²) in [7, 11) is -2.71. The van der Waals surface area contributed by atoms with Crippen molar-refractivity contribution in [2.45, 2.75) is 18.1 Å². The summed E-state index contributed by atoms with van der Waals surface area (Å²) in [6.45, 7) is -3.17. The van der Waals surface area contributed by atoms with Gasteiger partial charge in [0.25, 0.3) is 5.91 Å². The predicted octanol–water partition coefficient (Wildman–Crippen LogP) is 2.64. The van der Waals surface area contributed by atoms with Crippen molar-refractivity contribution in [3.8, 4) is 11.5 Å². The minimum atomic E-state index is -4.02. The number of alkyl halides is 2. The van der Waals surface area contributed by atoms with Gasteiger partial charge in [-0.15, -0.1) is 0 Å². The van der Waals surface area contributed by atoms with Crippen molar-refractivity contribution in [1.82, 2.24) is 5.32 Å². The molecule has 146 valence electrons. The second kappa shape index (κ2) is 8.63. The molecule has 0 atom stereocenters. The molecular formula is C16H15BrF2N2O5S. The molecule has 0 aliphatic carbocycles. The van der Waals surface area contributed by atoms with E-state index >= 15 is 0 Å². The average molecular weight is 465 g/mol. The van der Waals surface area contributed by atoms with Crippen LogP contribution < -0.4 is 19.9 Å². The first-order valence-corrected chi connectivity index (χ1v) is 9.68. The Morgan fingerprint density at radius 2 is 1.89 bits per heavy atom. The molecule has 0 saturated carbocycles. The van der Waals surface area contributed by atoms with Gasteiger partial charge in [-0.25, -0.2) is 13.6 Å². The number of nitrogens with one attached hydrogen (secondary N) is 1. The Balaban J connectivity index is 2.27. The molecule has 0 fully saturated rings. The number of carbonyl (C=O) groups excluding carboxylic acids is 1. The van der Waals surface area contributed by atoms with Crippen molar-refractivity contribution >= 4 is 31.9 Å². The van der Waals surface area contributed by atoms with E-state index in [9.17, 15) is 22.0 Å². The zero-order chi connectivity index (χ0) is 20.2. The van der Waals surface area contributed by atoms with Crippen molar-refractivity contribution in [3.63, 3.8) is 0 Å². The first-order chi connectivity index (χ1) is 12.6. The third-order valence-corrected chi connectivity index (χ3v) is 4.83. The van der Waals surface area contributed by atoms with Crippen molar-refractivity contribution in [1.29, 1.82) is 0 Å². The smallest absolute Gasteiger partial charge is 0.387 e. The maximum Gasteiger partial charge on any atom is 0.387 e. The highest BCUT2D eigenvalue weighted by atomic mass is 79.9. The van der Waals surface area contributed by atoms with Gasteiger partial charge < -0.3 is 14.8 Å². The van der Waals surface area contributed by atoms with Gasteiger partial charge in [-0.3, -0.25) is 4.79 Å². The normalized spacial score (nSPS) is 11.3. The van der Waals surface area contributed by atoms with Crippen molar-refractivity contribution in [3.05, 3.63) is 52.0 Å². The number of nitrogens with two attached hydrogens (primary N) is 1. The van der Waals surface area contributed by atoms with E-state index in [0.717, 1.165) is 6.07 Å². The molecule has 0 bridgehead atoms. The summed E-state index contributed by atoms with van der Waals surface area (Å²) in [6.07, 6.45) is 0. The van der Waals surface area contributed by atoms with Crippen LogP contribution in [0.2, 0.25) is 0 Å². The van der Waals surface area contributed by atoms with E-state index in [1.54, 1.807) is 0 Å². The summed E-state index contributed by atoms with van der Waals surface area (Å²) in [5.74, 6) is -0.655. The van der Waals surface area contributed by atoms with Gasteiger partial charge in [-0.05, 0) is 36.4 Å². The molecule has 2 aromatic carbocycles. The first-order valence-electron chi connectivity index (χ1n) is 7.34. The summed E-state index contributed by atoms with van der Waals surface area (Å²) in [5.41, 5.74) is 0.218. The lowest BCUT2D eigenvalue weighted by Gasteiger charge is -2.13. The third-order valence-electron chi connectivity index (χ3n) is 3.42. The maximum atomic E-state index is 12.5. The summed E-state index contributed by atoms with van der Waals surface area (Å²) in [6, 6.07) is 7.92. The molecule has 0 saturated heterocycles. The summed E-state index contributed by atoms with van der Waals surface area (Å²) < 4.78 is 58.1. The van der Waals surface area contributed by atoms with Crippen molar-refractivity contribution in [2.75, 3.05) is 7.11 Å². The van der Waals surface area contributed by atoms with Gasteiger partial charge in [0.05, 0.1) is 17.6 Å². The number of amides is 1. The van der Waals surface area contributed by atoms with Gasteiger partial charge in [0, 0.05) is 16.6 Å². The van der Waals surface area contributed by atoms with E-state index in [0.29, 0.717) is 10.0 Å². The molecule has 0 heterocycles. The van der Waals surface area contributed by atoms with E-state index in [-0.39, 0.29) is 28.5 Å². The fraction of sp³-hybridized carbons (Fsp3) is 0.188. The molecule has 0 aliphatic heterocycles. The van der Waals surface area contributed by atoms with E-state index in [1.165, 1.54) is 37.4 Å². The third kappa shape index (κ3) is 5.62. The van der Waals surface area contributed by atoms with Crippen LogP contribution in [0, 0.1) is 0 Å². The molecule has 7 nitrogen and oxygen atoms in total. The predicted molar refractivity (Wildman–Crippen MR) is 96.3 cm³/mol. The monoisotopic (exact) mass is 464 g/mol. The second-order valence-corrected chi connectivity index (χ2v) is 7.70. The molecule has 3 N–H and O–H groups in total. The average Bonchev–Trinajstić information content (AvgIpc) is 2.59. The summed E-state index contributed by atoms with van der Waals surface area (Å²) in [5, 5.41) is 7.58. The van der Waals surface area contributed by atoms with Crippen molar-refractivity contribution < 1.29 is 31.5 Å². The van der Waals surface area contributed by atoms with Gasteiger partial charge in [0.1, 0.15) is 11.5 Å². The van der Waals surface area contributed by atoms with Gasteiger partial charge >= 0.3 is 6.61 Å². The van der Waals surface area contributed by atoms with Crippen LogP contribution in [0.4, 0.5) is 8.78 Å². The Kier molecular flexibility index (Phi) is 6.73. The van der Waals surface area contributed by atoms with E-state index in [4.69, 9.17) is 9.88 Å². The second-order valence-electron chi connectivity index (χ2n) is 5.22. The van der Waals surface area contributed by atoms with Crippen LogP contribution in [0.25, 0.3) is 0 Å². The number of carbonyl (C=O) groups is 1. The molecule has 2 aromatic rings. The van der Waals surface area contributed by atoms with E-state index in [1.807, 2.05) is 0 Å². The minimum absolute atomic E-state index is 0.0738. The Labute approximate surface area is 162 Å². The zero-order valence-corrected chi connectivity index (χ0v) is 16.3. The van der Waals surface area contributed by atoms with Gasteiger partial charge in [-0.1, -0.05) is 15.9 Å². The van der Waals surface area contributed by atoms with Crippen molar-refractivity contribution in [2.24, 2.45) is 5.14 Å². The lowest BCUT2D eigenvalue weighted by molar-refractivity contribution is -0.0504. The van der Waals surface area contributed by atoms with E-state index < -0.39 is 22.5 Å². The standard InChI is InChI=1S/C16H15BrF2N2O5S/c1-25-14-5-3-11(27(20,23)24)7-12(14)15(22)21-8-9-6-10(17)2-4-13(9)26-16(18)19/h2-7,16H,8H2,1H3,(H,21,22)(H2,20,23,24). The van der Waals surface area contributed by atoms with Crippen LogP contribution in [0.3, 0.4) is 0 Å². The SMILES string of the molecule is COc1ccc(S(N)(=O)=O)cc1C(=O)NCc1cc(Br)ccc1OC(F)F. The molecule has 11 heteroatoms. The Morgan fingerprint density at radius 1 is 1.22 bits per heavy atom. The topological polar surface area (TPSA) is 108 Å². The molecule has 0 aromatic heterocycles. The quantitative estimate of drug-likeness (QED) is 0.654. The highest BCUT2D eigenvalue weighted by Gasteiger charge is 2.18. The van der Waals surface area contributed by atoms with Crippen LogP contribution >= 0.6 is 15.9 Å². The number of sulfonamides is 1. The number of ether oxygens (including phenoxy) is 2. The summed E-state index contributed by atoms with van der Waals surface area (Å²) in [4.78, 5) is 12.2. The molecule has 0 unspecified atom stereocenters. The highest BCUT2D eigenvalue weighted by molar-refractivity contribution is 9.10. The van der Waals surface area contributed by atoms with Gasteiger partial charge in [0.2, 0.25) is 10.0 Å². The number of halogens is 3. The van der Waals surface area contributed by atoms with Crippen LogP contribution in [0.5, 0.6) is 11.5 Å². The zero-order valence-electron chi connectivity index (χ0n) is 13.9. The Hall–Kier alpha value is -2.24. The lowest BCUT2D eigenvalue weighted by atomic mass is 10.1. The number of benzene rings is 2. The number of hydrogen-bond donors (Lipinski definition) is 2. The number of hydrogen-bond acceptors (Lipinski definition) is 5. The van der Waals surface area contributed by atoms with E-state index in [2.05, 4.69) is 26.0 Å². The fourth-order valence-corrected chi connectivity index (χ4v) is 3.16. The van der Waals surface area contributed by atoms with Gasteiger partial charge in [-0.2, -0.15) is 8.78 Å². The number of primary sulfonamides is 1. The van der Waals surface area contributed by atoms with Crippen LogP contribution in [-0.4, -0.2) is 28.0 Å². The first kappa shape index (κ1) is 21.1. The molecule has 27 heavy (non-hydrogen) atoms. The highest BCUT2D eigenvalue weighted by Crippen LogP contribution is 2.26. The largest absolute Gasteiger partial charge is 0.496 e. The molecular weight excluding hydrogens is 450 g/mol. The Morgan fingerprint density at radius 3 is 2.48 bits per heavy atom. The van der Waals surface area contributed by atoms with Crippen LogP contribution in [0.1, 0.15) is 15.9 Å². The van der Waals surface area contributed by atoms with Gasteiger partial charge in [0.15, 0.2) is 0 Å².